The van der Waals surface area contributed by atoms with Crippen LogP contribution in [0.25, 0.3) is 0 Å². The zero-order valence-corrected chi connectivity index (χ0v) is 18.4. The van der Waals surface area contributed by atoms with Crippen molar-refractivity contribution in [1.29, 1.82) is 0 Å². The third kappa shape index (κ3) is 5.00. The van der Waals surface area contributed by atoms with Crippen molar-refractivity contribution in [2.45, 2.75) is 70.8 Å². The van der Waals surface area contributed by atoms with Crippen LogP contribution in [0.2, 0.25) is 16.8 Å². The van der Waals surface area contributed by atoms with Gasteiger partial charge in [-0.05, 0) is 0 Å². The molecule has 0 aliphatic heterocycles. The summed E-state index contributed by atoms with van der Waals surface area (Å²) in [6.45, 7) is 21.3. The second-order valence-corrected chi connectivity index (χ2v) is 19.0. The van der Waals surface area contributed by atoms with E-state index in [-0.39, 0.29) is 36.5 Å². The minimum absolute atomic E-state index is 0. The Hall–Kier alpha value is 0.951. The van der Waals surface area contributed by atoms with E-state index < -0.39 is 16.9 Å². The fourth-order valence-electron chi connectivity index (χ4n) is 2.74. The molecule has 1 atom stereocenters. The molecule has 0 saturated heterocycles. The van der Waals surface area contributed by atoms with Gasteiger partial charge in [-0.1, -0.05) is 0 Å². The van der Waals surface area contributed by atoms with Gasteiger partial charge in [0.05, 0.1) is 0 Å². The summed E-state index contributed by atoms with van der Waals surface area (Å²) in [5.41, 5.74) is 4.90. The first kappa shape index (κ1) is 23.2. The van der Waals surface area contributed by atoms with Gasteiger partial charge in [0.25, 0.3) is 0 Å². The Balaban J connectivity index is 0. The van der Waals surface area contributed by atoms with Gasteiger partial charge in [0.2, 0.25) is 0 Å². The van der Waals surface area contributed by atoms with Gasteiger partial charge in [-0.3, -0.25) is 0 Å². The summed E-state index contributed by atoms with van der Waals surface area (Å²) in [5.74, 6) is 0. The van der Waals surface area contributed by atoms with E-state index in [2.05, 4.69) is 71.4 Å². The molecule has 116 valence electrons. The molecule has 1 nitrogen and oxygen atoms in total. The van der Waals surface area contributed by atoms with Gasteiger partial charge in [-0.15, -0.1) is 0 Å². The molecule has 1 aliphatic rings. The predicted octanol–water partition coefficient (Wildman–Crippen LogP) is -1.36. The van der Waals surface area contributed by atoms with Crippen LogP contribution in [0.4, 0.5) is 0 Å². The molecule has 0 spiro atoms. The number of hydrogen-bond acceptors (Lipinski definition) is 1. The van der Waals surface area contributed by atoms with Crippen molar-refractivity contribution in [2.75, 3.05) is 0 Å². The predicted molar refractivity (Wildman–Crippen MR) is 80.9 cm³/mol. The number of halogens is 2. The zero-order valence-electron chi connectivity index (χ0n) is 14.3. The van der Waals surface area contributed by atoms with E-state index in [1.54, 1.807) is 5.57 Å². The van der Waals surface area contributed by atoms with Crippen LogP contribution in [-0.4, -0.2) is 11.7 Å². The molecule has 1 N–H and O–H groups in total. The fraction of sp³-hybridized carbons (Fsp3) is 0.733. The maximum absolute atomic E-state index is 4.04. The molecule has 0 saturated carbocycles. The van der Waals surface area contributed by atoms with E-state index >= 15 is 0 Å². The summed E-state index contributed by atoms with van der Waals surface area (Å²) in [4.78, 5) is 0. The summed E-state index contributed by atoms with van der Waals surface area (Å²) in [5, 5.41) is 0. The quantitative estimate of drug-likeness (QED) is 0.593. The topological polar surface area (TPSA) is 12.0 Å². The SMILES string of the molecule is CC1=C[C](C)([Ti+2]([NH]C(C)(C)C)=[Si](C)C)C(C)=C1C.[Cl-].[Cl-]. The van der Waals surface area contributed by atoms with Crippen molar-refractivity contribution in [2.24, 2.45) is 0 Å². The minimum atomic E-state index is -1.34. The maximum atomic E-state index is 4.04. The van der Waals surface area contributed by atoms with Gasteiger partial charge in [-0.25, -0.2) is 0 Å². The Bertz CT molecular complexity index is 457. The molecule has 0 aromatic rings. The van der Waals surface area contributed by atoms with Crippen LogP contribution in [0.1, 0.15) is 48.5 Å². The van der Waals surface area contributed by atoms with Crippen molar-refractivity contribution in [1.82, 2.24) is 3.80 Å². The third-order valence-electron chi connectivity index (χ3n) is 3.96. The molecule has 5 heteroatoms. The average Bonchev–Trinajstić information content (AvgIpc) is 2.39. The summed E-state index contributed by atoms with van der Waals surface area (Å²) < 4.78 is 4.40. The normalized spacial score (nSPS) is 21.5. The molecular formula is C15H29Cl2NSiTi. The Labute approximate surface area is 144 Å². The molecule has 1 unspecified atom stereocenters. The summed E-state index contributed by atoms with van der Waals surface area (Å²) >= 11 is -1.34. The first-order valence-electron chi connectivity index (χ1n) is 6.83. The van der Waals surface area contributed by atoms with Crippen LogP contribution in [0.15, 0.2) is 22.8 Å². The molecular weight excluding hydrogens is 341 g/mol. The molecule has 1 rings (SSSR count). The van der Waals surface area contributed by atoms with E-state index in [4.69, 9.17) is 0 Å². The second kappa shape index (κ2) is 7.99. The first-order chi connectivity index (χ1) is 7.99. The van der Waals surface area contributed by atoms with Crippen molar-refractivity contribution < 1.29 is 41.7 Å². The maximum Gasteiger partial charge on any atom is -1.00 e. The Morgan fingerprint density at radius 1 is 1.10 bits per heavy atom. The van der Waals surface area contributed by atoms with E-state index in [1.807, 2.05) is 0 Å². The summed E-state index contributed by atoms with van der Waals surface area (Å²) in [6.07, 6.45) is 2.31. The van der Waals surface area contributed by atoms with Crippen molar-refractivity contribution >= 4 is 6.19 Å². The van der Waals surface area contributed by atoms with E-state index in [1.165, 1.54) is 11.1 Å². The molecule has 0 radical (unpaired) electrons. The largest absolute Gasteiger partial charge is 1.00 e. The van der Waals surface area contributed by atoms with Gasteiger partial charge in [0, 0.05) is 0 Å². The number of allylic oxidation sites excluding steroid dienone is 4. The van der Waals surface area contributed by atoms with E-state index in [9.17, 15) is 0 Å². The monoisotopic (exact) mass is 369 g/mol. The van der Waals surface area contributed by atoms with E-state index in [0.717, 1.165) is 0 Å². The molecule has 0 aromatic heterocycles. The molecule has 0 bridgehead atoms. The summed E-state index contributed by atoms with van der Waals surface area (Å²) in [7, 11) is 0. The zero-order chi connectivity index (χ0) is 14.3. The van der Waals surface area contributed by atoms with Crippen molar-refractivity contribution in [3.63, 3.8) is 0 Å². The standard InChI is InChI=1S/C9H13.C4H10N.C2H6Si.2ClH.Ti/c1-6-5-7(2)9(4)8(6)3;1-4(2,3)5;1-3-2;;;/h5H,1-4H3;5H,1-3H3;1-2H3;2*1H;/q;-1;;;;+3/p-2. The number of nitrogens with one attached hydrogen (secondary N) is 1. The number of hydrogen-bond donors (Lipinski definition) is 1. The Morgan fingerprint density at radius 3 is 1.80 bits per heavy atom. The molecule has 1 aliphatic carbocycles. The van der Waals surface area contributed by atoms with Gasteiger partial charge < -0.3 is 24.8 Å². The van der Waals surface area contributed by atoms with Gasteiger partial charge in [0.15, 0.2) is 0 Å². The van der Waals surface area contributed by atoms with Crippen LogP contribution in [0.3, 0.4) is 0 Å². The van der Waals surface area contributed by atoms with Gasteiger partial charge >= 0.3 is 120 Å². The molecule has 0 fully saturated rings. The minimum Gasteiger partial charge on any atom is -1.00 e. The average molecular weight is 370 g/mol. The molecule has 0 aromatic carbocycles. The molecule has 0 heterocycles. The van der Waals surface area contributed by atoms with Crippen LogP contribution in [-0.2, 0) is 16.9 Å². The summed E-state index contributed by atoms with van der Waals surface area (Å²) in [6, 6.07) is 0. The van der Waals surface area contributed by atoms with Gasteiger partial charge in [0.1, 0.15) is 0 Å². The number of rotatable bonds is 2. The Kier molecular flexibility index (Phi) is 9.27. The van der Waals surface area contributed by atoms with Crippen LogP contribution < -0.4 is 28.6 Å². The third-order valence-corrected chi connectivity index (χ3v) is 16.3. The van der Waals surface area contributed by atoms with E-state index in [0.29, 0.717) is 3.72 Å². The van der Waals surface area contributed by atoms with Crippen LogP contribution in [0, 0.1) is 0 Å². The first-order valence-corrected chi connectivity index (χ1v) is 13.2. The Morgan fingerprint density at radius 2 is 1.55 bits per heavy atom. The van der Waals surface area contributed by atoms with Gasteiger partial charge in [-0.2, -0.15) is 0 Å². The smallest absolute Gasteiger partial charge is 1.00 e. The molecule has 20 heavy (non-hydrogen) atoms. The second-order valence-electron chi connectivity index (χ2n) is 7.03. The fourth-order valence-corrected chi connectivity index (χ4v) is 15.7. The van der Waals surface area contributed by atoms with Crippen LogP contribution >= 0.6 is 0 Å². The van der Waals surface area contributed by atoms with Crippen molar-refractivity contribution in [3.05, 3.63) is 22.8 Å². The van der Waals surface area contributed by atoms with Crippen LogP contribution in [0.5, 0.6) is 0 Å². The molecule has 0 amide bonds. The van der Waals surface area contributed by atoms with Crippen molar-refractivity contribution in [3.8, 4) is 0 Å².